The van der Waals surface area contributed by atoms with E-state index in [4.69, 9.17) is 4.74 Å². The van der Waals surface area contributed by atoms with Crippen LogP contribution in [0.4, 0.5) is 0 Å². The minimum Gasteiger partial charge on any atom is -0.467 e. The first kappa shape index (κ1) is 20.0. The highest BCUT2D eigenvalue weighted by Gasteiger charge is 2.60. The van der Waals surface area contributed by atoms with E-state index < -0.39 is 17.4 Å². The molecule has 4 heteroatoms. The molecule has 0 bridgehead atoms. The van der Waals surface area contributed by atoms with Gasteiger partial charge in [0, 0.05) is 17.3 Å². The molecule has 2 aliphatic rings. The number of fused-ring (bicyclic) bond motifs is 3. The Morgan fingerprint density at radius 1 is 0.938 bits per heavy atom. The summed E-state index contributed by atoms with van der Waals surface area (Å²) in [4.78, 5) is 26.9. The lowest BCUT2D eigenvalue weighted by Gasteiger charge is -2.30. The average Bonchev–Trinajstić information content (AvgIpc) is 3.35. The Hall–Kier alpha value is -3.92. The van der Waals surface area contributed by atoms with E-state index in [9.17, 15) is 9.59 Å². The summed E-state index contributed by atoms with van der Waals surface area (Å²) in [5.74, 6) is -0.984. The average molecular weight is 421 g/mol. The van der Waals surface area contributed by atoms with Gasteiger partial charge in [-0.1, -0.05) is 84.4 Å². The van der Waals surface area contributed by atoms with Gasteiger partial charge in [0.2, 0.25) is 0 Å². The van der Waals surface area contributed by atoms with Gasteiger partial charge in [0.05, 0.1) is 13.0 Å². The smallest absolute Gasteiger partial charge is 0.337 e. The van der Waals surface area contributed by atoms with E-state index in [0.717, 1.165) is 27.8 Å². The summed E-state index contributed by atoms with van der Waals surface area (Å²) in [5.41, 5.74) is 4.72. The standard InChI is InChI=1S/C28H23NO3/c1-18-12-14-20(15-13-18)26(30)23-17-29-28(27(31)32-2)24(16-19-8-4-3-5-9-19)21-10-6-7-11-22(21)25(23)28/h3-17,25,29H,1-2H3/b24-16+. The number of hydrogen-bond donors (Lipinski definition) is 1. The number of carbonyl (C=O) groups excluding carboxylic acids is 2. The van der Waals surface area contributed by atoms with Gasteiger partial charge in [-0.25, -0.2) is 4.79 Å². The van der Waals surface area contributed by atoms with E-state index in [2.05, 4.69) is 5.32 Å². The van der Waals surface area contributed by atoms with E-state index in [1.807, 2.05) is 91.9 Å². The maximum Gasteiger partial charge on any atom is 0.337 e. The van der Waals surface area contributed by atoms with Gasteiger partial charge in [-0.2, -0.15) is 0 Å². The molecule has 5 rings (SSSR count). The van der Waals surface area contributed by atoms with Crippen LogP contribution in [0.5, 0.6) is 0 Å². The molecule has 1 heterocycles. The molecule has 4 nitrogen and oxygen atoms in total. The predicted molar refractivity (Wildman–Crippen MR) is 125 cm³/mol. The molecular formula is C28H23NO3. The number of ketones is 1. The molecule has 1 aliphatic carbocycles. The fourth-order valence-electron chi connectivity index (χ4n) is 4.86. The molecule has 0 saturated heterocycles. The van der Waals surface area contributed by atoms with Crippen LogP contribution in [-0.2, 0) is 9.53 Å². The van der Waals surface area contributed by atoms with Crippen molar-refractivity contribution < 1.29 is 14.3 Å². The monoisotopic (exact) mass is 421 g/mol. The van der Waals surface area contributed by atoms with E-state index in [1.165, 1.54) is 7.11 Å². The molecule has 1 N–H and O–H groups in total. The molecule has 2 atom stereocenters. The maximum absolute atomic E-state index is 13.5. The first-order chi connectivity index (χ1) is 15.6. The zero-order valence-electron chi connectivity index (χ0n) is 18.0. The molecule has 1 aliphatic heterocycles. The van der Waals surface area contributed by atoms with Crippen molar-refractivity contribution in [3.63, 3.8) is 0 Å². The number of carbonyl (C=O) groups is 2. The zero-order valence-corrected chi connectivity index (χ0v) is 18.0. The maximum atomic E-state index is 13.5. The predicted octanol–water partition coefficient (Wildman–Crippen LogP) is 4.91. The van der Waals surface area contributed by atoms with Gasteiger partial charge in [-0.05, 0) is 35.3 Å². The number of ether oxygens (including phenoxy) is 1. The molecule has 0 saturated carbocycles. The van der Waals surface area contributed by atoms with Crippen molar-refractivity contribution in [3.05, 3.63) is 118 Å². The summed E-state index contributed by atoms with van der Waals surface area (Å²) >= 11 is 0. The van der Waals surface area contributed by atoms with Gasteiger partial charge in [0.1, 0.15) is 0 Å². The lowest BCUT2D eigenvalue weighted by Crippen LogP contribution is -2.50. The van der Waals surface area contributed by atoms with Crippen LogP contribution in [0.2, 0.25) is 0 Å². The second-order valence-electron chi connectivity index (χ2n) is 8.23. The lowest BCUT2D eigenvalue weighted by atomic mass is 9.78. The summed E-state index contributed by atoms with van der Waals surface area (Å²) < 4.78 is 5.30. The van der Waals surface area contributed by atoms with Crippen molar-refractivity contribution in [1.29, 1.82) is 0 Å². The Kier molecular flexibility index (Phi) is 4.78. The third kappa shape index (κ3) is 2.91. The zero-order chi connectivity index (χ0) is 22.3. The van der Waals surface area contributed by atoms with Crippen LogP contribution in [0.15, 0.2) is 90.6 Å². The summed E-state index contributed by atoms with van der Waals surface area (Å²) in [6.45, 7) is 1.99. The molecule has 0 amide bonds. The number of Topliss-reactive ketones (excluding diaryl/α,β-unsaturated/α-hetero) is 1. The molecule has 0 spiro atoms. The first-order valence-corrected chi connectivity index (χ1v) is 10.6. The third-order valence-electron chi connectivity index (χ3n) is 6.38. The van der Waals surface area contributed by atoms with Crippen LogP contribution in [0.1, 0.15) is 38.5 Å². The van der Waals surface area contributed by atoms with Crippen LogP contribution in [0.3, 0.4) is 0 Å². The molecule has 32 heavy (non-hydrogen) atoms. The summed E-state index contributed by atoms with van der Waals surface area (Å²) in [7, 11) is 1.39. The fourth-order valence-corrected chi connectivity index (χ4v) is 4.86. The highest BCUT2D eigenvalue weighted by molar-refractivity contribution is 6.16. The number of hydrogen-bond acceptors (Lipinski definition) is 4. The van der Waals surface area contributed by atoms with Crippen molar-refractivity contribution >= 4 is 23.4 Å². The van der Waals surface area contributed by atoms with Crippen LogP contribution in [0, 0.1) is 6.92 Å². The molecule has 158 valence electrons. The first-order valence-electron chi connectivity index (χ1n) is 10.6. The van der Waals surface area contributed by atoms with Crippen molar-refractivity contribution in [1.82, 2.24) is 5.32 Å². The number of rotatable bonds is 4. The van der Waals surface area contributed by atoms with E-state index in [-0.39, 0.29) is 5.78 Å². The molecular weight excluding hydrogens is 398 g/mol. The van der Waals surface area contributed by atoms with Gasteiger partial charge < -0.3 is 10.1 Å². The van der Waals surface area contributed by atoms with Crippen molar-refractivity contribution in [3.8, 4) is 0 Å². The quantitative estimate of drug-likeness (QED) is 0.480. The summed E-state index contributed by atoms with van der Waals surface area (Å²) in [6, 6.07) is 25.3. The van der Waals surface area contributed by atoms with Gasteiger partial charge >= 0.3 is 5.97 Å². The Morgan fingerprint density at radius 2 is 1.62 bits per heavy atom. The van der Waals surface area contributed by atoms with Crippen LogP contribution in [0.25, 0.3) is 11.6 Å². The number of benzene rings is 3. The van der Waals surface area contributed by atoms with Gasteiger partial charge in [0.25, 0.3) is 0 Å². The summed E-state index contributed by atoms with van der Waals surface area (Å²) in [6.07, 6.45) is 3.70. The molecule has 2 unspecified atom stereocenters. The Labute approximate surface area is 187 Å². The third-order valence-corrected chi connectivity index (χ3v) is 6.38. The molecule has 3 aromatic carbocycles. The van der Waals surface area contributed by atoms with Gasteiger partial charge in [-0.15, -0.1) is 0 Å². The highest BCUT2D eigenvalue weighted by atomic mass is 16.5. The normalized spacial score (nSPS) is 22.0. The van der Waals surface area contributed by atoms with Crippen LogP contribution >= 0.6 is 0 Å². The van der Waals surface area contributed by atoms with Crippen LogP contribution < -0.4 is 5.32 Å². The topological polar surface area (TPSA) is 55.4 Å². The Bertz CT molecular complexity index is 1270. The molecule has 0 fully saturated rings. The second kappa shape index (κ2) is 7.65. The van der Waals surface area contributed by atoms with Gasteiger partial charge in [0.15, 0.2) is 11.3 Å². The number of esters is 1. The number of aryl methyl sites for hydroxylation is 1. The Balaban J connectivity index is 1.69. The second-order valence-corrected chi connectivity index (χ2v) is 8.23. The highest BCUT2D eigenvalue weighted by Crippen LogP contribution is 2.56. The fraction of sp³-hybridized carbons (Fsp3) is 0.143. The molecule has 0 aromatic heterocycles. The molecule has 0 radical (unpaired) electrons. The van der Waals surface area contributed by atoms with Crippen molar-refractivity contribution in [2.45, 2.75) is 18.4 Å². The Morgan fingerprint density at radius 3 is 2.34 bits per heavy atom. The molecule has 3 aromatic rings. The largest absolute Gasteiger partial charge is 0.467 e. The minimum absolute atomic E-state index is 0.0935. The lowest BCUT2D eigenvalue weighted by molar-refractivity contribution is -0.145. The van der Waals surface area contributed by atoms with Crippen molar-refractivity contribution in [2.75, 3.05) is 7.11 Å². The van der Waals surface area contributed by atoms with E-state index in [0.29, 0.717) is 11.1 Å². The van der Waals surface area contributed by atoms with E-state index in [1.54, 1.807) is 6.20 Å². The van der Waals surface area contributed by atoms with Crippen molar-refractivity contribution in [2.24, 2.45) is 0 Å². The van der Waals surface area contributed by atoms with E-state index >= 15 is 0 Å². The number of nitrogens with one attached hydrogen (secondary N) is 1. The minimum atomic E-state index is -1.19. The van der Waals surface area contributed by atoms with Crippen LogP contribution in [-0.4, -0.2) is 24.4 Å². The number of methoxy groups -OCH3 is 1. The summed E-state index contributed by atoms with van der Waals surface area (Å²) in [5, 5.41) is 3.29. The van der Waals surface area contributed by atoms with Gasteiger partial charge in [-0.3, -0.25) is 4.79 Å². The SMILES string of the molecule is COC(=O)C12NC=C(C(=O)c3ccc(C)cc3)C1c1ccccc1/C2=C\c1ccccc1.